The quantitative estimate of drug-likeness (QED) is 0.492. The molecule has 0 saturated carbocycles. The molecule has 0 bridgehead atoms. The van der Waals surface area contributed by atoms with Gasteiger partial charge in [-0.15, -0.1) is 0 Å². The van der Waals surface area contributed by atoms with E-state index >= 15 is 0 Å². The maximum atomic E-state index is 5.34. The molecule has 0 saturated heterocycles. The molecule has 0 N–H and O–H groups in total. The number of halogens is 6. The number of rotatable bonds is 1. The van der Waals surface area contributed by atoms with Crippen LogP contribution in [0, 0.1) is 0 Å². The Morgan fingerprint density at radius 1 is 0.600 bits per heavy atom. The first-order valence-corrected chi connectivity index (χ1v) is 6.13. The molecule has 0 rings (SSSR count). The predicted molar refractivity (Wildman–Crippen MR) is 55.8 cm³/mol. The average molecular weight is 301 g/mol. The van der Waals surface area contributed by atoms with Crippen LogP contribution in [0.1, 0.15) is 0 Å². The molecule has 0 aliphatic rings. The second-order valence-electron chi connectivity index (χ2n) is 1.06. The van der Waals surface area contributed by atoms with E-state index in [2.05, 4.69) is 0 Å². The van der Waals surface area contributed by atoms with Crippen molar-refractivity contribution in [3.05, 3.63) is 0 Å². The summed E-state index contributed by atoms with van der Waals surface area (Å²) in [6, 6.07) is 0. The Kier molecular flexibility index (Phi) is 5.74. The first-order chi connectivity index (χ1) is 4.21. The van der Waals surface area contributed by atoms with Gasteiger partial charge in [0.15, 0.2) is 0 Å². The molecule has 0 radical (unpaired) electrons. The molecular weight excluding hydrogens is 301 g/mol. The zero-order valence-corrected chi connectivity index (χ0v) is 10.3. The molecule has 62 valence electrons. The monoisotopic (exact) mass is 298 g/mol. The zero-order valence-electron chi connectivity index (χ0n) is 4.08. The van der Waals surface area contributed by atoms with E-state index in [0.717, 1.165) is 21.6 Å². The number of hydrogen-bond donors (Lipinski definition) is 0. The third kappa shape index (κ3) is 10.4. The fraction of sp³-hybridized carbons (Fsp3) is 1.00. The molecule has 0 fully saturated rings. The number of alkyl halides is 6. The van der Waals surface area contributed by atoms with E-state index in [0.29, 0.717) is 0 Å². The molecular formula is C2Cl6S2. The highest BCUT2D eigenvalue weighted by atomic mass is 35.6. The van der Waals surface area contributed by atoms with Gasteiger partial charge in [0.2, 0.25) is 6.25 Å². The highest BCUT2D eigenvalue weighted by Gasteiger charge is 2.29. The van der Waals surface area contributed by atoms with Crippen molar-refractivity contribution in [1.82, 2.24) is 0 Å². The average Bonchev–Trinajstić information content (AvgIpc) is 1.57. The molecule has 0 aromatic rings. The van der Waals surface area contributed by atoms with Crippen molar-refractivity contribution in [3.63, 3.8) is 0 Å². The van der Waals surface area contributed by atoms with Gasteiger partial charge in [-0.2, -0.15) is 0 Å². The Bertz CT molecular complexity index is 87.3. The lowest BCUT2D eigenvalue weighted by Gasteiger charge is -2.13. The third-order valence-corrected chi connectivity index (χ3v) is 5.48. The van der Waals surface area contributed by atoms with Gasteiger partial charge in [-0.3, -0.25) is 0 Å². The highest BCUT2D eigenvalue weighted by molar-refractivity contribution is 8.79. The van der Waals surface area contributed by atoms with Crippen molar-refractivity contribution in [2.75, 3.05) is 0 Å². The molecule has 0 unspecified atom stereocenters. The minimum Gasteiger partial charge on any atom is -0.0710 e. The van der Waals surface area contributed by atoms with Gasteiger partial charge in [0.05, 0.1) is 0 Å². The molecule has 8 heteroatoms. The van der Waals surface area contributed by atoms with E-state index in [1.54, 1.807) is 0 Å². The van der Waals surface area contributed by atoms with Gasteiger partial charge in [0.25, 0.3) is 0 Å². The van der Waals surface area contributed by atoms with Crippen LogP contribution in [0.15, 0.2) is 0 Å². The van der Waals surface area contributed by atoms with Gasteiger partial charge in [0, 0.05) is 0 Å². The van der Waals surface area contributed by atoms with E-state index in [1.165, 1.54) is 0 Å². The van der Waals surface area contributed by atoms with Gasteiger partial charge in [-0.05, 0) is 21.6 Å². The molecule has 0 atom stereocenters. The molecule has 0 spiro atoms. The summed E-state index contributed by atoms with van der Waals surface area (Å²) in [5, 5.41) is 0. The Balaban J connectivity index is 3.56. The topological polar surface area (TPSA) is 0 Å². The summed E-state index contributed by atoms with van der Waals surface area (Å²) in [6.45, 7) is 0. The lowest BCUT2D eigenvalue weighted by molar-refractivity contribution is 1.79. The van der Waals surface area contributed by atoms with Crippen LogP contribution < -0.4 is 0 Å². The van der Waals surface area contributed by atoms with Crippen LogP contribution in [0.3, 0.4) is 0 Å². The first-order valence-electron chi connectivity index (χ1n) is 1.71. The minimum atomic E-state index is -1.45. The Morgan fingerprint density at radius 2 is 0.800 bits per heavy atom. The van der Waals surface area contributed by atoms with Gasteiger partial charge < -0.3 is 0 Å². The van der Waals surface area contributed by atoms with Crippen LogP contribution in [0.5, 0.6) is 0 Å². The van der Waals surface area contributed by atoms with Crippen molar-refractivity contribution < 1.29 is 0 Å². The van der Waals surface area contributed by atoms with Crippen LogP contribution in [-0.2, 0) is 0 Å². The van der Waals surface area contributed by atoms with Gasteiger partial charge in [-0.1, -0.05) is 69.6 Å². The molecule has 0 aliphatic heterocycles. The van der Waals surface area contributed by atoms with E-state index < -0.39 is 6.25 Å². The fourth-order valence-electron chi connectivity index (χ4n) is 0.0945. The maximum Gasteiger partial charge on any atom is 0.247 e. The molecule has 0 heterocycles. The Hall–Kier alpha value is 2.44. The Labute approximate surface area is 96.6 Å². The predicted octanol–water partition coefficient (Wildman–Crippen LogP) is 5.02. The van der Waals surface area contributed by atoms with Crippen LogP contribution in [-0.4, -0.2) is 6.25 Å². The van der Waals surface area contributed by atoms with Crippen molar-refractivity contribution in [3.8, 4) is 0 Å². The largest absolute Gasteiger partial charge is 0.247 e. The Morgan fingerprint density at radius 3 is 0.900 bits per heavy atom. The summed E-state index contributed by atoms with van der Waals surface area (Å²) in [4.78, 5) is 0. The van der Waals surface area contributed by atoms with Gasteiger partial charge in [0.1, 0.15) is 0 Å². The lowest BCUT2D eigenvalue weighted by Crippen LogP contribution is -1.96. The van der Waals surface area contributed by atoms with Crippen LogP contribution in [0.2, 0.25) is 0 Å². The van der Waals surface area contributed by atoms with Crippen LogP contribution in [0.25, 0.3) is 0 Å². The summed E-state index contributed by atoms with van der Waals surface area (Å²) in [7, 11) is 1.72. The van der Waals surface area contributed by atoms with Gasteiger partial charge >= 0.3 is 0 Å². The first kappa shape index (κ1) is 12.4. The number of hydrogen-bond acceptors (Lipinski definition) is 2. The van der Waals surface area contributed by atoms with E-state index in [1.807, 2.05) is 0 Å². The van der Waals surface area contributed by atoms with Crippen molar-refractivity contribution in [2.45, 2.75) is 6.25 Å². The minimum absolute atomic E-state index is 0.858. The summed E-state index contributed by atoms with van der Waals surface area (Å²) >= 11 is 32.0. The van der Waals surface area contributed by atoms with Crippen LogP contribution >= 0.6 is 91.2 Å². The third-order valence-electron chi connectivity index (χ3n) is 0.231. The highest BCUT2D eigenvalue weighted by Crippen LogP contribution is 2.54. The molecule has 10 heavy (non-hydrogen) atoms. The summed E-state index contributed by atoms with van der Waals surface area (Å²) < 4.78 is -2.90. The van der Waals surface area contributed by atoms with Crippen molar-refractivity contribution in [2.24, 2.45) is 0 Å². The van der Waals surface area contributed by atoms with E-state index in [9.17, 15) is 0 Å². The summed E-state index contributed by atoms with van der Waals surface area (Å²) in [6.07, 6.45) is 0. The normalized spacial score (nSPS) is 13.8. The lowest BCUT2D eigenvalue weighted by atomic mass is 11.8. The smallest absolute Gasteiger partial charge is 0.0710 e. The fourth-order valence-corrected chi connectivity index (χ4v) is 2.55. The summed E-state index contributed by atoms with van der Waals surface area (Å²) in [5.41, 5.74) is 0. The second kappa shape index (κ2) is 4.61. The van der Waals surface area contributed by atoms with Gasteiger partial charge in [-0.25, -0.2) is 0 Å². The molecule has 0 aromatic heterocycles. The zero-order chi connectivity index (χ0) is 8.41. The SMILES string of the molecule is ClC(Cl)(Cl)SSC(Cl)(Cl)Cl. The van der Waals surface area contributed by atoms with E-state index in [-0.39, 0.29) is 0 Å². The standard InChI is InChI=1S/C2Cl6S2/c3-1(4,5)9-10-2(6,7)8. The molecule has 0 aliphatic carbocycles. The summed E-state index contributed by atoms with van der Waals surface area (Å²) in [5.74, 6) is 0. The maximum absolute atomic E-state index is 5.34. The van der Waals surface area contributed by atoms with Crippen LogP contribution in [0.4, 0.5) is 0 Å². The van der Waals surface area contributed by atoms with Crippen molar-refractivity contribution >= 4 is 91.2 Å². The molecule has 0 aromatic carbocycles. The molecule has 0 amide bonds. The van der Waals surface area contributed by atoms with E-state index in [4.69, 9.17) is 69.6 Å². The second-order valence-corrected chi connectivity index (χ2v) is 9.52. The molecule has 0 nitrogen and oxygen atoms in total. The van der Waals surface area contributed by atoms with Crippen molar-refractivity contribution in [1.29, 1.82) is 0 Å².